The van der Waals surface area contributed by atoms with Gasteiger partial charge in [0.15, 0.2) is 0 Å². The highest BCUT2D eigenvalue weighted by atomic mass is 15.0. The molecule has 0 aliphatic carbocycles. The lowest BCUT2D eigenvalue weighted by atomic mass is 9.92. The third kappa shape index (κ3) is 1.01. The second kappa shape index (κ2) is 2.14. The van der Waals surface area contributed by atoms with Crippen LogP contribution < -0.4 is 5.32 Å². The fourth-order valence-electron chi connectivity index (χ4n) is 1.62. The van der Waals surface area contributed by atoms with Crippen LogP contribution in [0.5, 0.6) is 0 Å². The van der Waals surface area contributed by atoms with Crippen LogP contribution in [-0.2, 0) is 0 Å². The quantitative estimate of drug-likeness (QED) is 0.481. The summed E-state index contributed by atoms with van der Waals surface area (Å²) in [6.07, 6.45) is 9.78. The summed E-state index contributed by atoms with van der Waals surface area (Å²) in [5.74, 6) is 0. The van der Waals surface area contributed by atoms with Gasteiger partial charge in [-0.3, -0.25) is 0 Å². The molecule has 0 aromatic rings. The first-order valence-electron chi connectivity index (χ1n) is 3.73. The summed E-state index contributed by atoms with van der Waals surface area (Å²) in [4.78, 5) is 0. The van der Waals surface area contributed by atoms with Crippen molar-refractivity contribution in [3.63, 3.8) is 0 Å². The Morgan fingerprint density at radius 3 is 3.33 bits per heavy atom. The van der Waals surface area contributed by atoms with E-state index in [9.17, 15) is 0 Å². The Morgan fingerprint density at radius 1 is 1.56 bits per heavy atom. The van der Waals surface area contributed by atoms with Crippen LogP contribution in [0.15, 0.2) is 12.2 Å². The minimum absolute atomic E-state index is 0.683. The molecule has 2 bridgehead atoms. The Hall–Kier alpha value is -0.300. The zero-order valence-corrected chi connectivity index (χ0v) is 5.56. The smallest absolute Gasteiger partial charge is 0.0406 e. The molecule has 2 aliphatic heterocycles. The predicted octanol–water partition coefficient (Wildman–Crippen LogP) is 1.62. The van der Waals surface area contributed by atoms with Crippen LogP contribution in [0.4, 0.5) is 0 Å². The summed E-state index contributed by atoms with van der Waals surface area (Å²) in [7, 11) is 0. The number of fused-ring (bicyclic) bond motifs is 2. The molecule has 9 heavy (non-hydrogen) atoms. The largest absolute Gasteiger partial charge is 0.303 e. The number of hydrogen-bond donors (Lipinski definition) is 1. The van der Waals surface area contributed by atoms with E-state index in [4.69, 9.17) is 0 Å². The van der Waals surface area contributed by atoms with Crippen molar-refractivity contribution < 1.29 is 0 Å². The Balaban J connectivity index is 2.09. The maximum Gasteiger partial charge on any atom is 0.0406 e. The van der Waals surface area contributed by atoms with E-state index in [2.05, 4.69) is 17.5 Å². The van der Waals surface area contributed by atoms with E-state index in [1.54, 1.807) is 6.04 Å². The second-order valence-corrected chi connectivity index (χ2v) is 2.88. The highest BCUT2D eigenvalue weighted by Gasteiger charge is 2.21. The van der Waals surface area contributed by atoms with Crippen molar-refractivity contribution in [3.05, 3.63) is 18.2 Å². The summed E-state index contributed by atoms with van der Waals surface area (Å²) >= 11 is 0. The molecule has 2 rings (SSSR count). The lowest BCUT2D eigenvalue weighted by molar-refractivity contribution is 0.428. The molecule has 0 amide bonds. The third-order valence-electron chi connectivity index (χ3n) is 2.12. The van der Waals surface area contributed by atoms with Gasteiger partial charge in [-0.2, -0.15) is 0 Å². The molecule has 1 atom stereocenters. The highest BCUT2D eigenvalue weighted by Crippen LogP contribution is 2.25. The molecular formula is C8H12N. The average molecular weight is 122 g/mol. The Morgan fingerprint density at radius 2 is 2.56 bits per heavy atom. The first-order valence-corrected chi connectivity index (χ1v) is 3.73. The van der Waals surface area contributed by atoms with Crippen LogP contribution in [-0.4, -0.2) is 6.04 Å². The molecule has 0 aromatic heterocycles. The van der Waals surface area contributed by atoms with E-state index >= 15 is 0 Å². The van der Waals surface area contributed by atoms with Gasteiger partial charge in [-0.15, -0.1) is 0 Å². The molecule has 1 saturated heterocycles. The maximum absolute atomic E-state index is 3.48. The van der Waals surface area contributed by atoms with Crippen LogP contribution >= 0.6 is 0 Å². The molecule has 1 nitrogen and oxygen atoms in total. The summed E-state index contributed by atoms with van der Waals surface area (Å²) < 4.78 is 0. The van der Waals surface area contributed by atoms with Gasteiger partial charge in [0, 0.05) is 12.1 Å². The number of piperidine rings is 1. The summed E-state index contributed by atoms with van der Waals surface area (Å²) in [5, 5.41) is 3.48. The van der Waals surface area contributed by atoms with Crippen molar-refractivity contribution in [3.8, 4) is 0 Å². The molecular weight excluding hydrogens is 110 g/mol. The van der Waals surface area contributed by atoms with E-state index in [1.165, 1.54) is 25.7 Å². The SMILES string of the molecule is C1=CC2CCC[C](C1)N2. The van der Waals surface area contributed by atoms with E-state index in [0.29, 0.717) is 6.04 Å². The zero-order valence-electron chi connectivity index (χ0n) is 5.56. The van der Waals surface area contributed by atoms with Crippen molar-refractivity contribution in [1.29, 1.82) is 0 Å². The molecule has 1 fully saturated rings. The van der Waals surface area contributed by atoms with Crippen LogP contribution in [0.2, 0.25) is 0 Å². The van der Waals surface area contributed by atoms with Gasteiger partial charge >= 0.3 is 0 Å². The minimum Gasteiger partial charge on any atom is -0.303 e. The van der Waals surface area contributed by atoms with Crippen LogP contribution in [0.3, 0.4) is 0 Å². The van der Waals surface area contributed by atoms with Gasteiger partial charge in [0.25, 0.3) is 0 Å². The van der Waals surface area contributed by atoms with Gasteiger partial charge in [-0.25, -0.2) is 0 Å². The van der Waals surface area contributed by atoms with Crippen molar-refractivity contribution in [2.45, 2.75) is 31.7 Å². The Kier molecular flexibility index (Phi) is 1.31. The molecule has 2 aliphatic rings. The monoisotopic (exact) mass is 122 g/mol. The topological polar surface area (TPSA) is 12.0 Å². The maximum atomic E-state index is 3.48. The zero-order chi connectivity index (χ0) is 6.10. The summed E-state index contributed by atoms with van der Waals surface area (Å²) in [6, 6.07) is 2.23. The fraction of sp³-hybridized carbons (Fsp3) is 0.625. The number of nitrogens with one attached hydrogen (secondary N) is 1. The van der Waals surface area contributed by atoms with Gasteiger partial charge in [-0.1, -0.05) is 12.2 Å². The van der Waals surface area contributed by atoms with E-state index in [0.717, 1.165) is 0 Å². The lowest BCUT2D eigenvalue weighted by Crippen LogP contribution is -2.37. The van der Waals surface area contributed by atoms with Crippen molar-refractivity contribution in [2.24, 2.45) is 0 Å². The predicted molar refractivity (Wildman–Crippen MR) is 37.8 cm³/mol. The summed E-state index contributed by atoms with van der Waals surface area (Å²) in [5.41, 5.74) is 0. The normalized spacial score (nSPS) is 34.9. The Bertz CT molecular complexity index is 129. The third-order valence-corrected chi connectivity index (χ3v) is 2.12. The Labute approximate surface area is 56.1 Å². The van der Waals surface area contributed by atoms with Crippen LogP contribution in [0.1, 0.15) is 25.7 Å². The number of hydrogen-bond acceptors (Lipinski definition) is 1. The standard InChI is InChI=1S/C8H12N/c1-3-7-5-2-6-8(4-1)9-7/h1,3,7,9H,2,4-6H2. The number of rotatable bonds is 0. The summed E-state index contributed by atoms with van der Waals surface area (Å²) in [6.45, 7) is 0. The molecule has 1 unspecified atom stereocenters. The van der Waals surface area contributed by atoms with E-state index in [-0.39, 0.29) is 0 Å². The van der Waals surface area contributed by atoms with Gasteiger partial charge in [0.05, 0.1) is 0 Å². The molecule has 2 heterocycles. The first-order chi connectivity index (χ1) is 4.45. The molecule has 49 valence electrons. The lowest BCUT2D eigenvalue weighted by Gasteiger charge is -2.31. The van der Waals surface area contributed by atoms with Gasteiger partial charge < -0.3 is 5.32 Å². The van der Waals surface area contributed by atoms with E-state index < -0.39 is 0 Å². The first kappa shape index (κ1) is 5.48. The van der Waals surface area contributed by atoms with Gasteiger partial charge in [0.1, 0.15) is 0 Å². The molecule has 1 heteroatoms. The van der Waals surface area contributed by atoms with Crippen LogP contribution in [0, 0.1) is 6.04 Å². The fourth-order valence-corrected chi connectivity index (χ4v) is 1.62. The van der Waals surface area contributed by atoms with Gasteiger partial charge in [-0.05, 0) is 25.7 Å². The van der Waals surface area contributed by atoms with Crippen molar-refractivity contribution >= 4 is 0 Å². The highest BCUT2D eigenvalue weighted by molar-refractivity contribution is 5.11. The molecule has 1 radical (unpaired) electrons. The minimum atomic E-state index is 0.683. The second-order valence-electron chi connectivity index (χ2n) is 2.88. The van der Waals surface area contributed by atoms with Crippen LogP contribution in [0.25, 0.3) is 0 Å². The molecule has 0 saturated carbocycles. The van der Waals surface area contributed by atoms with Gasteiger partial charge in [0.2, 0.25) is 0 Å². The van der Waals surface area contributed by atoms with E-state index in [1.807, 2.05) is 0 Å². The van der Waals surface area contributed by atoms with Crippen molar-refractivity contribution in [1.82, 2.24) is 5.32 Å². The molecule has 1 N–H and O–H groups in total. The molecule has 0 aromatic carbocycles. The van der Waals surface area contributed by atoms with Crippen molar-refractivity contribution in [2.75, 3.05) is 0 Å². The molecule has 0 spiro atoms. The average Bonchev–Trinajstić information content (AvgIpc) is 1.88.